The van der Waals surface area contributed by atoms with Crippen molar-refractivity contribution in [3.8, 4) is 11.6 Å². The van der Waals surface area contributed by atoms with Gasteiger partial charge in [-0.1, -0.05) is 11.6 Å². The third-order valence-corrected chi connectivity index (χ3v) is 1.11. The van der Waals surface area contributed by atoms with Crippen LogP contribution in [0.4, 0.5) is 0 Å². The van der Waals surface area contributed by atoms with E-state index in [9.17, 15) is 0 Å². The first-order chi connectivity index (χ1) is 4.20. The number of pyridine rings is 1. The van der Waals surface area contributed by atoms with E-state index in [2.05, 4.69) is 4.98 Å². The van der Waals surface area contributed by atoms with Crippen LogP contribution in [0.5, 0.6) is 11.6 Å². The van der Waals surface area contributed by atoms with Gasteiger partial charge in [0.1, 0.15) is 10.8 Å². The first-order valence-electron chi connectivity index (χ1n) is 2.23. The molecule has 1 aromatic heterocycles. The van der Waals surface area contributed by atoms with Crippen LogP contribution >= 0.6 is 11.6 Å². The molecule has 0 radical (unpaired) electrons. The van der Waals surface area contributed by atoms with Crippen molar-refractivity contribution in [2.75, 3.05) is 0 Å². The monoisotopic (exact) mass is 185 g/mol. The van der Waals surface area contributed by atoms with Gasteiger partial charge in [0.2, 0.25) is 5.88 Å². The molecule has 1 heterocycles. The van der Waals surface area contributed by atoms with Crippen molar-refractivity contribution >= 4 is 63.0 Å². The molecule has 1 aromatic rings. The molecule has 10 heavy (non-hydrogen) atoms. The third kappa shape index (κ3) is 2.73. The first-order valence-corrected chi connectivity index (χ1v) is 2.61. The summed E-state index contributed by atoms with van der Waals surface area (Å²) in [4.78, 5) is 3.40. The van der Waals surface area contributed by atoms with Gasteiger partial charge in [0.15, 0.2) is 0 Å². The Morgan fingerprint density at radius 1 is 1.40 bits per heavy atom. The molecule has 50 valence electrons. The third-order valence-electron chi connectivity index (χ3n) is 0.821. The standard InChI is InChI=1S/C5H4ClNO2.K.H/c6-3-2-7-5(9)1-4(3)8;;/h1-2H,(H2,7,8,9);;. The van der Waals surface area contributed by atoms with Crippen LogP contribution < -0.4 is 0 Å². The molecule has 0 fully saturated rings. The van der Waals surface area contributed by atoms with Gasteiger partial charge in [-0.25, -0.2) is 4.98 Å². The zero-order valence-corrected chi connectivity index (χ0v) is 5.13. The molecule has 0 amide bonds. The normalized spacial score (nSPS) is 8.50. The summed E-state index contributed by atoms with van der Waals surface area (Å²) in [5.41, 5.74) is 0. The average Bonchev–Trinajstić information content (AvgIpc) is 1.80. The van der Waals surface area contributed by atoms with Crippen molar-refractivity contribution in [3.05, 3.63) is 17.3 Å². The molecule has 0 saturated heterocycles. The topological polar surface area (TPSA) is 53.4 Å². The molecule has 0 spiro atoms. The Labute approximate surface area is 105 Å². The Hall–Kier alpha value is 0.676. The van der Waals surface area contributed by atoms with Crippen molar-refractivity contribution in [3.63, 3.8) is 0 Å². The summed E-state index contributed by atoms with van der Waals surface area (Å²) in [5, 5.41) is 17.5. The van der Waals surface area contributed by atoms with Crippen LogP contribution in [0.1, 0.15) is 0 Å². The van der Waals surface area contributed by atoms with Gasteiger partial charge in [-0.15, -0.1) is 0 Å². The van der Waals surface area contributed by atoms with Crippen LogP contribution in [-0.4, -0.2) is 66.6 Å². The SMILES string of the molecule is Oc1cc(O)c(Cl)cn1.[KH]. The van der Waals surface area contributed by atoms with E-state index in [0.717, 1.165) is 6.07 Å². The van der Waals surface area contributed by atoms with Crippen molar-refractivity contribution < 1.29 is 10.2 Å². The molecule has 0 aliphatic heterocycles. The van der Waals surface area contributed by atoms with E-state index in [1.807, 2.05) is 0 Å². The van der Waals surface area contributed by atoms with Gasteiger partial charge in [0.25, 0.3) is 0 Å². The zero-order chi connectivity index (χ0) is 6.85. The fourth-order valence-corrected chi connectivity index (χ4v) is 0.521. The van der Waals surface area contributed by atoms with Gasteiger partial charge in [-0.05, 0) is 0 Å². The molecule has 0 saturated carbocycles. The summed E-state index contributed by atoms with van der Waals surface area (Å²) in [7, 11) is 0. The van der Waals surface area contributed by atoms with E-state index in [1.54, 1.807) is 0 Å². The Morgan fingerprint density at radius 3 is 2.40 bits per heavy atom. The molecule has 3 nitrogen and oxygen atoms in total. The van der Waals surface area contributed by atoms with Crippen molar-refractivity contribution in [2.24, 2.45) is 0 Å². The molecular formula is C5H5ClKNO2. The molecule has 0 unspecified atom stereocenters. The second-order valence-electron chi connectivity index (χ2n) is 1.49. The molecular weight excluding hydrogens is 181 g/mol. The van der Waals surface area contributed by atoms with Crippen LogP contribution in [0.2, 0.25) is 5.02 Å². The van der Waals surface area contributed by atoms with E-state index < -0.39 is 0 Å². The number of hydrogen-bond donors (Lipinski definition) is 2. The van der Waals surface area contributed by atoms with Crippen molar-refractivity contribution in [2.45, 2.75) is 0 Å². The van der Waals surface area contributed by atoms with Gasteiger partial charge in [-0.3, -0.25) is 0 Å². The second kappa shape index (κ2) is 4.53. The molecule has 2 N–H and O–H groups in total. The Bertz CT molecular complexity index is 231. The molecule has 0 aliphatic rings. The molecule has 1 rings (SSSR count). The van der Waals surface area contributed by atoms with Gasteiger partial charge < -0.3 is 10.2 Å². The Kier molecular flexibility index (Phi) is 4.84. The van der Waals surface area contributed by atoms with Crippen molar-refractivity contribution in [1.29, 1.82) is 0 Å². The minimum atomic E-state index is -0.239. The second-order valence-corrected chi connectivity index (χ2v) is 1.90. The van der Waals surface area contributed by atoms with Crippen LogP contribution in [-0.2, 0) is 0 Å². The summed E-state index contributed by atoms with van der Waals surface area (Å²) >= 11 is 5.36. The number of nitrogens with zero attached hydrogens (tertiary/aromatic N) is 1. The molecule has 0 atom stereocenters. The van der Waals surface area contributed by atoms with Crippen LogP contribution in [0.15, 0.2) is 12.3 Å². The van der Waals surface area contributed by atoms with E-state index in [-0.39, 0.29) is 68.0 Å². The van der Waals surface area contributed by atoms with E-state index >= 15 is 0 Å². The fourth-order valence-electron chi connectivity index (χ4n) is 0.417. The number of aromatic hydroxyl groups is 2. The maximum absolute atomic E-state index is 8.77. The van der Waals surface area contributed by atoms with Gasteiger partial charge in [0, 0.05) is 6.07 Å². The van der Waals surface area contributed by atoms with Crippen molar-refractivity contribution in [1.82, 2.24) is 4.98 Å². The minimum absolute atomic E-state index is 0. The molecule has 5 heteroatoms. The van der Waals surface area contributed by atoms with Gasteiger partial charge in [-0.2, -0.15) is 0 Å². The summed E-state index contributed by atoms with van der Waals surface area (Å²) in [6, 6.07) is 1.07. The van der Waals surface area contributed by atoms with Crippen LogP contribution in [0.25, 0.3) is 0 Å². The van der Waals surface area contributed by atoms with E-state index in [1.165, 1.54) is 6.20 Å². The predicted octanol–water partition coefficient (Wildman–Crippen LogP) is 0.498. The number of rotatable bonds is 0. The predicted molar refractivity (Wildman–Crippen MR) is 39.7 cm³/mol. The molecule has 0 aromatic carbocycles. The van der Waals surface area contributed by atoms with E-state index in [0.29, 0.717) is 0 Å². The number of hydrogen-bond acceptors (Lipinski definition) is 3. The maximum atomic E-state index is 8.77. The number of halogens is 1. The molecule has 0 aliphatic carbocycles. The summed E-state index contributed by atoms with van der Waals surface area (Å²) in [6.07, 6.45) is 1.17. The Balaban J connectivity index is 0.000000810. The summed E-state index contributed by atoms with van der Waals surface area (Å²) in [6.45, 7) is 0. The summed E-state index contributed by atoms with van der Waals surface area (Å²) < 4.78 is 0. The number of aromatic nitrogens is 1. The summed E-state index contributed by atoms with van der Waals surface area (Å²) in [5.74, 6) is -0.402. The fraction of sp³-hybridized carbons (Fsp3) is 0. The first kappa shape index (κ1) is 10.7. The van der Waals surface area contributed by atoms with Gasteiger partial charge in [0.05, 0.1) is 6.20 Å². The molecule has 0 bridgehead atoms. The van der Waals surface area contributed by atoms with Gasteiger partial charge >= 0.3 is 51.4 Å². The van der Waals surface area contributed by atoms with E-state index in [4.69, 9.17) is 21.8 Å². The quantitative estimate of drug-likeness (QED) is 0.579. The average molecular weight is 186 g/mol. The zero-order valence-electron chi connectivity index (χ0n) is 4.37. The van der Waals surface area contributed by atoms with Crippen LogP contribution in [0, 0.1) is 0 Å². The van der Waals surface area contributed by atoms with Crippen LogP contribution in [0.3, 0.4) is 0 Å². The Morgan fingerprint density at radius 2 is 2.00 bits per heavy atom.